The third-order valence-corrected chi connectivity index (χ3v) is 8.29. The van der Waals surface area contributed by atoms with Crippen molar-refractivity contribution in [3.8, 4) is 23.1 Å². The van der Waals surface area contributed by atoms with Gasteiger partial charge in [0.15, 0.2) is 0 Å². The minimum absolute atomic E-state index is 0. The average Bonchev–Trinajstić information content (AvgIpc) is 3.64. The third-order valence-electron chi connectivity index (χ3n) is 6.96. The molecule has 8 nitrogen and oxygen atoms in total. The van der Waals surface area contributed by atoms with E-state index in [0.717, 1.165) is 23.3 Å². The Morgan fingerprint density at radius 2 is 1.95 bits per heavy atom. The molecule has 2 atom stereocenters. The highest BCUT2D eigenvalue weighted by atomic mass is 79.9. The Kier molecular flexibility index (Phi) is 10.3. The van der Waals surface area contributed by atoms with Crippen LogP contribution in [0.1, 0.15) is 41.5 Å². The Balaban J connectivity index is 0.00000442. The monoisotopic (exact) mass is 699 g/mol. The number of benzene rings is 3. The second-order valence-corrected chi connectivity index (χ2v) is 11.3. The second-order valence-electron chi connectivity index (χ2n) is 10.0. The van der Waals surface area contributed by atoms with Gasteiger partial charge in [0, 0.05) is 40.5 Å². The lowest BCUT2D eigenvalue weighted by Gasteiger charge is -2.32. The van der Waals surface area contributed by atoms with Gasteiger partial charge in [0.05, 0.1) is 33.9 Å². The number of hydrogen-bond donors (Lipinski definition) is 1. The van der Waals surface area contributed by atoms with E-state index in [-0.39, 0.29) is 39.9 Å². The summed E-state index contributed by atoms with van der Waals surface area (Å²) in [5.41, 5.74) is 0.805. The Hall–Kier alpha value is -4.02. The van der Waals surface area contributed by atoms with E-state index < -0.39 is 29.1 Å². The van der Waals surface area contributed by atoms with Gasteiger partial charge in [0.1, 0.15) is 29.5 Å². The van der Waals surface area contributed by atoms with Gasteiger partial charge in [-0.3, -0.25) is 4.79 Å². The fourth-order valence-corrected chi connectivity index (χ4v) is 5.91. The van der Waals surface area contributed by atoms with Crippen LogP contribution in [0.5, 0.6) is 5.75 Å². The SMILES string of the molecule is CC(=O)Oc1ccc(C[n+]2cnn(C[C@](O)(c3ccc(F)cc3F)[C@@H](C)c3nc(-c4ccc(C#N)cc4)cs3)c2)cc1Cl.[Br-]. The maximum atomic E-state index is 15.2. The summed E-state index contributed by atoms with van der Waals surface area (Å²) in [5, 5.41) is 28.2. The first-order valence-electron chi connectivity index (χ1n) is 13.1. The fraction of sp³-hybridized carbons (Fsp3) is 0.194. The smallest absolute Gasteiger partial charge is 0.308 e. The van der Waals surface area contributed by atoms with Crippen molar-refractivity contribution in [2.24, 2.45) is 0 Å². The first kappa shape index (κ1) is 32.9. The van der Waals surface area contributed by atoms with Gasteiger partial charge in [0.25, 0.3) is 6.33 Å². The molecule has 0 aliphatic heterocycles. The van der Waals surface area contributed by atoms with Gasteiger partial charge >= 0.3 is 5.97 Å². The summed E-state index contributed by atoms with van der Waals surface area (Å²) in [5.74, 6) is -2.60. The number of halogens is 4. The number of ether oxygens (including phenoxy) is 1. The zero-order valence-electron chi connectivity index (χ0n) is 23.4. The molecular formula is C31H25BrClF2N5O3S. The Labute approximate surface area is 271 Å². The van der Waals surface area contributed by atoms with Crippen molar-refractivity contribution in [3.05, 3.63) is 117 Å². The number of carbonyl (C=O) groups excluding carboxylic acids is 1. The number of aliphatic hydroxyl groups is 1. The topological polar surface area (TPSA) is 105 Å². The molecule has 2 heterocycles. The number of thiazole rings is 1. The Morgan fingerprint density at radius 3 is 2.61 bits per heavy atom. The van der Waals surface area contributed by atoms with Crippen LogP contribution in [0.15, 0.2) is 78.7 Å². The molecule has 0 radical (unpaired) electrons. The summed E-state index contributed by atoms with van der Waals surface area (Å²) in [6.07, 6.45) is 3.20. The molecule has 0 bridgehead atoms. The van der Waals surface area contributed by atoms with E-state index in [2.05, 4.69) is 11.2 Å². The molecule has 0 aliphatic carbocycles. The van der Waals surface area contributed by atoms with Crippen molar-refractivity contribution >= 4 is 28.9 Å². The lowest BCUT2D eigenvalue weighted by molar-refractivity contribution is -0.689. The highest BCUT2D eigenvalue weighted by Gasteiger charge is 2.43. The molecule has 0 aliphatic rings. The van der Waals surface area contributed by atoms with Crippen LogP contribution in [0, 0.1) is 23.0 Å². The molecule has 226 valence electrons. The van der Waals surface area contributed by atoms with E-state index in [9.17, 15) is 14.3 Å². The summed E-state index contributed by atoms with van der Waals surface area (Å²) >= 11 is 7.56. The van der Waals surface area contributed by atoms with Crippen molar-refractivity contribution in [2.45, 2.75) is 38.5 Å². The first-order valence-corrected chi connectivity index (χ1v) is 14.3. The van der Waals surface area contributed by atoms with Crippen molar-refractivity contribution in [2.75, 3.05) is 0 Å². The highest BCUT2D eigenvalue weighted by molar-refractivity contribution is 7.10. The number of rotatable bonds is 9. The number of carbonyl (C=O) groups is 1. The van der Waals surface area contributed by atoms with Crippen molar-refractivity contribution < 1.29 is 45.0 Å². The van der Waals surface area contributed by atoms with Gasteiger partial charge in [-0.1, -0.05) is 42.8 Å². The number of hydrogen-bond acceptors (Lipinski definition) is 7. The molecule has 0 saturated carbocycles. The van der Waals surface area contributed by atoms with Crippen molar-refractivity contribution in [3.63, 3.8) is 0 Å². The lowest BCUT2D eigenvalue weighted by Crippen LogP contribution is -3.00. The first-order chi connectivity index (χ1) is 20.5. The molecular weight excluding hydrogens is 676 g/mol. The molecule has 1 N–H and O–H groups in total. The maximum Gasteiger partial charge on any atom is 0.308 e. The predicted octanol–water partition coefficient (Wildman–Crippen LogP) is 2.77. The number of aromatic nitrogens is 4. The van der Waals surface area contributed by atoms with Crippen LogP contribution in [0.2, 0.25) is 5.02 Å². The van der Waals surface area contributed by atoms with E-state index in [1.165, 1.54) is 29.0 Å². The highest BCUT2D eigenvalue weighted by Crippen LogP contribution is 2.41. The Morgan fingerprint density at radius 1 is 1.20 bits per heavy atom. The molecule has 0 spiro atoms. The van der Waals surface area contributed by atoms with Gasteiger partial charge in [-0.25, -0.2) is 18.3 Å². The van der Waals surface area contributed by atoms with Gasteiger partial charge < -0.3 is 26.8 Å². The maximum absolute atomic E-state index is 15.2. The number of nitriles is 1. The summed E-state index contributed by atoms with van der Waals surface area (Å²) in [7, 11) is 0. The molecule has 3 aromatic carbocycles. The fourth-order valence-electron chi connectivity index (χ4n) is 4.70. The molecule has 13 heteroatoms. The van der Waals surface area contributed by atoms with Crippen LogP contribution in [-0.2, 0) is 23.5 Å². The summed E-state index contributed by atoms with van der Waals surface area (Å²) in [6, 6.07) is 17.1. The van der Waals surface area contributed by atoms with Crippen molar-refractivity contribution in [1.82, 2.24) is 14.8 Å². The minimum Gasteiger partial charge on any atom is -1.00 e. The minimum atomic E-state index is -1.86. The number of nitrogens with zero attached hydrogens (tertiary/aromatic N) is 5. The molecule has 0 saturated heterocycles. The average molecular weight is 701 g/mol. The molecule has 44 heavy (non-hydrogen) atoms. The summed E-state index contributed by atoms with van der Waals surface area (Å²) < 4.78 is 37.3. The van der Waals surface area contributed by atoms with Gasteiger partial charge in [-0.15, -0.1) is 16.0 Å². The van der Waals surface area contributed by atoms with Crippen LogP contribution in [-0.4, -0.2) is 25.8 Å². The van der Waals surface area contributed by atoms with Crippen LogP contribution in [0.3, 0.4) is 0 Å². The second kappa shape index (κ2) is 13.7. The van der Waals surface area contributed by atoms with Crippen LogP contribution >= 0.6 is 22.9 Å². The third kappa shape index (κ3) is 7.19. The Bertz CT molecular complexity index is 1840. The lowest BCUT2D eigenvalue weighted by atomic mass is 9.82. The molecule has 5 rings (SSSR count). The zero-order chi connectivity index (χ0) is 30.7. The van der Waals surface area contributed by atoms with E-state index in [0.29, 0.717) is 22.8 Å². The molecule has 0 fully saturated rings. The summed E-state index contributed by atoms with van der Waals surface area (Å²) in [6.45, 7) is 3.21. The molecule has 5 aromatic rings. The normalized spacial score (nSPS) is 12.9. The summed E-state index contributed by atoms with van der Waals surface area (Å²) in [4.78, 5) is 16.0. The van der Waals surface area contributed by atoms with Crippen LogP contribution in [0.25, 0.3) is 11.3 Å². The molecule has 0 unspecified atom stereocenters. The van der Waals surface area contributed by atoms with Gasteiger partial charge in [-0.05, 0) is 35.9 Å². The van der Waals surface area contributed by atoms with Crippen molar-refractivity contribution in [1.29, 1.82) is 5.26 Å². The standard InChI is InChI=1S/C31H25ClF2N5O3S.BrH/c1-19(30-37-28(15-43-30)23-6-3-21(13-35)4-7-23)31(41,25-9-8-24(33)12-27(25)34)16-39-18-38(17-36-39)14-22-5-10-29(26(32)11-22)42-20(2)40;/h3-12,15,17-19,41H,14,16H2,1-2H3;1H/q+1;/p-1/t19-,31+;/m0./s1. The van der Waals surface area contributed by atoms with E-state index in [1.807, 2.05) is 5.38 Å². The number of esters is 1. The molecule has 0 amide bonds. The van der Waals surface area contributed by atoms with Gasteiger partial charge in [0.2, 0.25) is 6.33 Å². The van der Waals surface area contributed by atoms with E-state index >= 15 is 4.39 Å². The van der Waals surface area contributed by atoms with Crippen LogP contribution in [0.4, 0.5) is 8.78 Å². The van der Waals surface area contributed by atoms with Crippen LogP contribution < -0.4 is 26.3 Å². The van der Waals surface area contributed by atoms with E-state index in [1.54, 1.807) is 66.6 Å². The van der Waals surface area contributed by atoms with Gasteiger partial charge in [-0.2, -0.15) is 5.26 Å². The largest absolute Gasteiger partial charge is 1.00 e. The quantitative estimate of drug-likeness (QED) is 0.144. The zero-order valence-corrected chi connectivity index (χ0v) is 26.6. The van der Waals surface area contributed by atoms with E-state index in [4.69, 9.17) is 26.6 Å². The molecule has 2 aromatic heterocycles. The predicted molar refractivity (Wildman–Crippen MR) is 155 cm³/mol.